The molecule has 2 N–H and O–H groups in total. The van der Waals surface area contributed by atoms with Crippen molar-refractivity contribution in [1.82, 2.24) is 4.90 Å². The molecule has 100 valence electrons. The van der Waals surface area contributed by atoms with Crippen LogP contribution in [-0.4, -0.2) is 41.6 Å². The molecule has 2 nitrogen and oxygen atoms in total. The average Bonchev–Trinajstić information content (AvgIpc) is 2.68. The lowest BCUT2D eigenvalue weighted by molar-refractivity contribution is 0.0410. The van der Waals surface area contributed by atoms with Crippen LogP contribution in [0.5, 0.6) is 0 Å². The molecule has 0 radical (unpaired) electrons. The van der Waals surface area contributed by atoms with Gasteiger partial charge >= 0.3 is 0 Å². The van der Waals surface area contributed by atoms with Crippen molar-refractivity contribution in [2.45, 2.75) is 51.0 Å². The quantitative estimate of drug-likeness (QED) is 0.842. The molecule has 0 aromatic rings. The lowest BCUT2D eigenvalue weighted by Gasteiger charge is -2.48. The molecule has 2 fully saturated rings. The fourth-order valence-electron chi connectivity index (χ4n) is 3.63. The highest BCUT2D eigenvalue weighted by molar-refractivity contribution is 7.99. The summed E-state index contributed by atoms with van der Waals surface area (Å²) in [6.07, 6.45) is 8.20. The molecule has 2 unspecified atom stereocenters. The number of thioether (sulfide) groups is 1. The molecule has 2 atom stereocenters. The molecule has 0 amide bonds. The highest BCUT2D eigenvalue weighted by Gasteiger charge is 2.39. The van der Waals surface area contributed by atoms with Gasteiger partial charge in [-0.2, -0.15) is 11.8 Å². The maximum atomic E-state index is 6.19. The van der Waals surface area contributed by atoms with Crippen LogP contribution in [0.15, 0.2) is 0 Å². The third-order valence-electron chi connectivity index (χ3n) is 4.77. The van der Waals surface area contributed by atoms with E-state index in [0.29, 0.717) is 5.54 Å². The Labute approximate surface area is 111 Å². The highest BCUT2D eigenvalue weighted by Crippen LogP contribution is 2.38. The zero-order valence-electron chi connectivity index (χ0n) is 11.3. The summed E-state index contributed by atoms with van der Waals surface area (Å²) in [6, 6.07) is 0. The van der Waals surface area contributed by atoms with E-state index in [1.54, 1.807) is 0 Å². The van der Waals surface area contributed by atoms with E-state index in [2.05, 4.69) is 23.6 Å². The first-order valence-corrected chi connectivity index (χ1v) is 8.49. The Balaban J connectivity index is 2.05. The Hall–Kier alpha value is 0.270. The second kappa shape index (κ2) is 6.44. The molecule has 1 aliphatic heterocycles. The third-order valence-corrected chi connectivity index (χ3v) is 5.82. The van der Waals surface area contributed by atoms with E-state index >= 15 is 0 Å². The van der Waals surface area contributed by atoms with Crippen LogP contribution in [0.2, 0.25) is 0 Å². The van der Waals surface area contributed by atoms with E-state index in [4.69, 9.17) is 5.73 Å². The fourth-order valence-corrected chi connectivity index (χ4v) is 4.52. The fraction of sp³-hybridized carbons (Fsp3) is 1.00. The first kappa shape index (κ1) is 13.7. The van der Waals surface area contributed by atoms with Crippen molar-refractivity contribution in [3.63, 3.8) is 0 Å². The minimum atomic E-state index is 0.351. The lowest BCUT2D eigenvalue weighted by atomic mass is 9.73. The van der Waals surface area contributed by atoms with E-state index in [0.717, 1.165) is 12.5 Å². The Morgan fingerprint density at radius 2 is 2.18 bits per heavy atom. The van der Waals surface area contributed by atoms with Crippen LogP contribution in [0.4, 0.5) is 0 Å². The minimum absolute atomic E-state index is 0.351. The van der Waals surface area contributed by atoms with Crippen molar-refractivity contribution in [2.24, 2.45) is 11.7 Å². The van der Waals surface area contributed by atoms with E-state index < -0.39 is 0 Å². The number of hydrogen-bond acceptors (Lipinski definition) is 3. The van der Waals surface area contributed by atoms with Crippen molar-refractivity contribution in [3.05, 3.63) is 0 Å². The highest BCUT2D eigenvalue weighted by atomic mass is 32.2. The van der Waals surface area contributed by atoms with Gasteiger partial charge in [-0.05, 0) is 37.5 Å². The SMILES string of the molecule is CCC1CCCC(CN)(N2CCCSCC2)C1. The van der Waals surface area contributed by atoms with Crippen LogP contribution in [0.3, 0.4) is 0 Å². The van der Waals surface area contributed by atoms with E-state index in [9.17, 15) is 0 Å². The number of hydrogen-bond donors (Lipinski definition) is 1. The normalized spacial score (nSPS) is 36.7. The zero-order valence-corrected chi connectivity index (χ0v) is 12.1. The second-order valence-corrected chi connectivity index (χ2v) is 6.98. The van der Waals surface area contributed by atoms with Crippen molar-refractivity contribution in [1.29, 1.82) is 0 Å². The van der Waals surface area contributed by atoms with E-state index in [-0.39, 0.29) is 0 Å². The van der Waals surface area contributed by atoms with Gasteiger partial charge in [-0.15, -0.1) is 0 Å². The molecule has 0 spiro atoms. The topological polar surface area (TPSA) is 29.3 Å². The molecule has 17 heavy (non-hydrogen) atoms. The van der Waals surface area contributed by atoms with Crippen LogP contribution in [0, 0.1) is 5.92 Å². The average molecular weight is 256 g/mol. The van der Waals surface area contributed by atoms with Crippen LogP contribution >= 0.6 is 11.8 Å². The van der Waals surface area contributed by atoms with Gasteiger partial charge in [0.2, 0.25) is 0 Å². The maximum absolute atomic E-state index is 6.19. The van der Waals surface area contributed by atoms with Crippen LogP contribution < -0.4 is 5.73 Å². The largest absolute Gasteiger partial charge is 0.329 e. The van der Waals surface area contributed by atoms with Gasteiger partial charge in [0.25, 0.3) is 0 Å². The van der Waals surface area contributed by atoms with Gasteiger partial charge < -0.3 is 5.73 Å². The second-order valence-electron chi connectivity index (χ2n) is 5.75. The Kier molecular flexibility index (Phi) is 5.19. The Morgan fingerprint density at radius 3 is 2.94 bits per heavy atom. The van der Waals surface area contributed by atoms with Gasteiger partial charge in [-0.3, -0.25) is 4.90 Å². The summed E-state index contributed by atoms with van der Waals surface area (Å²) in [6.45, 7) is 5.75. The monoisotopic (exact) mass is 256 g/mol. The van der Waals surface area contributed by atoms with Crippen molar-refractivity contribution in [3.8, 4) is 0 Å². The van der Waals surface area contributed by atoms with Gasteiger partial charge in [0.15, 0.2) is 0 Å². The third kappa shape index (κ3) is 3.18. The van der Waals surface area contributed by atoms with Gasteiger partial charge in [-0.1, -0.05) is 26.2 Å². The van der Waals surface area contributed by atoms with Gasteiger partial charge in [0, 0.05) is 24.4 Å². The molecular formula is C14H28N2S. The predicted octanol–water partition coefficient (Wildman–Crippen LogP) is 2.72. The Bertz CT molecular complexity index is 226. The first-order valence-electron chi connectivity index (χ1n) is 7.33. The number of nitrogens with zero attached hydrogens (tertiary/aromatic N) is 1. The maximum Gasteiger partial charge on any atom is 0.0334 e. The van der Waals surface area contributed by atoms with Gasteiger partial charge in [-0.25, -0.2) is 0 Å². The molecule has 1 saturated heterocycles. The van der Waals surface area contributed by atoms with E-state index in [1.165, 1.54) is 63.1 Å². The molecular weight excluding hydrogens is 228 g/mol. The number of nitrogens with two attached hydrogens (primary N) is 1. The summed E-state index contributed by atoms with van der Waals surface area (Å²) in [5, 5.41) is 0. The van der Waals surface area contributed by atoms with Crippen molar-refractivity contribution in [2.75, 3.05) is 31.1 Å². The predicted molar refractivity (Wildman–Crippen MR) is 77.5 cm³/mol. The summed E-state index contributed by atoms with van der Waals surface area (Å²) >= 11 is 2.12. The summed E-state index contributed by atoms with van der Waals surface area (Å²) in [7, 11) is 0. The molecule has 1 saturated carbocycles. The molecule has 2 aliphatic rings. The van der Waals surface area contributed by atoms with Gasteiger partial charge in [0.05, 0.1) is 0 Å². The molecule has 0 aromatic heterocycles. The smallest absolute Gasteiger partial charge is 0.0334 e. The molecule has 1 heterocycles. The molecule has 3 heteroatoms. The molecule has 0 aromatic carbocycles. The van der Waals surface area contributed by atoms with E-state index in [1.807, 2.05) is 0 Å². The summed E-state index contributed by atoms with van der Waals surface area (Å²) in [5.41, 5.74) is 6.54. The Morgan fingerprint density at radius 1 is 1.29 bits per heavy atom. The van der Waals surface area contributed by atoms with Crippen LogP contribution in [0.1, 0.15) is 45.4 Å². The van der Waals surface area contributed by atoms with Crippen LogP contribution in [0.25, 0.3) is 0 Å². The summed E-state index contributed by atoms with van der Waals surface area (Å²) in [4.78, 5) is 2.74. The first-order chi connectivity index (χ1) is 8.30. The standard InChI is InChI=1S/C14H28N2S/c1-2-13-5-3-6-14(11-13,12-15)16-7-4-9-17-10-8-16/h13H,2-12,15H2,1H3. The lowest BCUT2D eigenvalue weighted by Crippen LogP contribution is -2.57. The van der Waals surface area contributed by atoms with Crippen molar-refractivity contribution < 1.29 is 0 Å². The number of rotatable bonds is 3. The molecule has 0 bridgehead atoms. The van der Waals surface area contributed by atoms with Gasteiger partial charge in [0.1, 0.15) is 0 Å². The molecule has 2 rings (SSSR count). The summed E-state index contributed by atoms with van der Waals surface area (Å²) < 4.78 is 0. The minimum Gasteiger partial charge on any atom is -0.329 e. The van der Waals surface area contributed by atoms with Crippen molar-refractivity contribution >= 4 is 11.8 Å². The zero-order chi connectivity index (χ0) is 12.1. The van der Waals surface area contributed by atoms with Crippen LogP contribution in [-0.2, 0) is 0 Å². The summed E-state index contributed by atoms with van der Waals surface area (Å²) in [5.74, 6) is 3.57. The molecule has 1 aliphatic carbocycles.